The summed E-state index contributed by atoms with van der Waals surface area (Å²) in [6.45, 7) is 17.3. The van der Waals surface area contributed by atoms with Crippen molar-refractivity contribution in [1.82, 2.24) is 0 Å². The third-order valence-corrected chi connectivity index (χ3v) is 1.14. The predicted octanol–water partition coefficient (Wildman–Crippen LogP) is 2.33. The van der Waals surface area contributed by atoms with E-state index >= 15 is 0 Å². The fourth-order valence-electron chi connectivity index (χ4n) is 0.592. The van der Waals surface area contributed by atoms with Gasteiger partial charge in [0.05, 0.1) is 0 Å². The van der Waals surface area contributed by atoms with Gasteiger partial charge in [-0.2, -0.15) is 0 Å². The van der Waals surface area contributed by atoms with Crippen LogP contribution in [0.1, 0.15) is 13.8 Å². The minimum atomic E-state index is 0. The third-order valence-electron chi connectivity index (χ3n) is 1.14. The van der Waals surface area contributed by atoms with E-state index in [2.05, 4.69) is 13.3 Å². The van der Waals surface area contributed by atoms with Crippen LogP contribution in [0.4, 0.5) is 0 Å². The molecule has 0 N–H and O–H groups in total. The minimum absolute atomic E-state index is 0. The van der Waals surface area contributed by atoms with Crippen LogP contribution in [0, 0.1) is 58.6 Å². The molecule has 1 fully saturated rings. The smallest absolute Gasteiger partial charge is 0 e. The number of rotatable bonds is 5. The van der Waals surface area contributed by atoms with Crippen LogP contribution in [0.25, 0.3) is 0 Å². The monoisotopic (exact) mass is 293 g/mol. The molecule has 18 heavy (non-hydrogen) atoms. The molecule has 1 saturated carbocycles. The Hall–Kier alpha value is -0.0805. The maximum absolute atomic E-state index is 7.50. The van der Waals surface area contributed by atoms with Crippen LogP contribution in [0.15, 0.2) is 0 Å². The molecule has 0 spiro atoms. The second-order valence-electron chi connectivity index (χ2n) is 2.15. The molecule has 0 aromatic heterocycles. The van der Waals surface area contributed by atoms with E-state index in [4.69, 9.17) is 18.8 Å². The van der Waals surface area contributed by atoms with E-state index in [-0.39, 0.29) is 17.1 Å². The SMILES string of the molecule is CCO[CH][CH]OCC.[C-]#[O+].[C-]#[O+].[CH]1[CH][CH][CH][CH]1.[Fe]. The van der Waals surface area contributed by atoms with Gasteiger partial charge in [0, 0.05) is 30.3 Å². The van der Waals surface area contributed by atoms with Crippen LogP contribution in [0.2, 0.25) is 0 Å². The molecule has 1 aliphatic carbocycles. The topological polar surface area (TPSA) is 58.3 Å². The van der Waals surface area contributed by atoms with Crippen LogP contribution < -0.4 is 0 Å². The quantitative estimate of drug-likeness (QED) is 0.338. The second-order valence-corrected chi connectivity index (χ2v) is 2.15. The summed E-state index contributed by atoms with van der Waals surface area (Å²) in [6.07, 6.45) is 10.0. The average molecular weight is 293 g/mol. The van der Waals surface area contributed by atoms with E-state index in [1.807, 2.05) is 46.0 Å². The fourth-order valence-corrected chi connectivity index (χ4v) is 0.592. The molecule has 0 bridgehead atoms. The Morgan fingerprint density at radius 1 is 0.778 bits per heavy atom. The normalized spacial score (nSPS) is 11.2. The molecule has 5 heteroatoms. The predicted molar refractivity (Wildman–Crippen MR) is 61.2 cm³/mol. The van der Waals surface area contributed by atoms with Crippen molar-refractivity contribution in [1.29, 1.82) is 0 Å². The van der Waals surface area contributed by atoms with Gasteiger partial charge in [0.25, 0.3) is 0 Å². The van der Waals surface area contributed by atoms with Crippen LogP contribution in [0.3, 0.4) is 0 Å². The summed E-state index contributed by atoms with van der Waals surface area (Å²) < 4.78 is 24.7. The van der Waals surface area contributed by atoms with Gasteiger partial charge in [-0.15, -0.1) is 0 Å². The van der Waals surface area contributed by atoms with Crippen molar-refractivity contribution >= 4 is 0 Å². The van der Waals surface area contributed by atoms with Crippen molar-refractivity contribution in [2.45, 2.75) is 13.8 Å². The Kier molecular flexibility index (Phi) is 52.9. The first-order valence-corrected chi connectivity index (χ1v) is 4.87. The molecule has 0 heterocycles. The molecule has 0 atom stereocenters. The third kappa shape index (κ3) is 36.0. The van der Waals surface area contributed by atoms with Crippen LogP contribution >= 0.6 is 0 Å². The van der Waals surface area contributed by atoms with Crippen LogP contribution in [0.5, 0.6) is 0 Å². The molecule has 0 aliphatic heterocycles. The average Bonchev–Trinajstić information content (AvgIpc) is 2.99. The standard InChI is InChI=1S/C6H12O2.C5H5.2CO.Fe/c1-3-7-5-6-8-4-2;1-2-4-5-3-1;2*1-2;/h5-6H,3-4H2,1-2H3;1-5H;;;. The van der Waals surface area contributed by atoms with Gasteiger partial charge >= 0.3 is 22.6 Å². The Morgan fingerprint density at radius 2 is 1.00 bits per heavy atom. The molecule has 7 radical (unpaired) electrons. The summed E-state index contributed by atoms with van der Waals surface area (Å²) in [5.41, 5.74) is 0. The molecule has 0 aromatic rings. The van der Waals surface area contributed by atoms with Crippen LogP contribution in [-0.2, 0) is 35.8 Å². The summed E-state index contributed by atoms with van der Waals surface area (Å²) in [7, 11) is 0. The van der Waals surface area contributed by atoms with E-state index in [1.165, 1.54) is 0 Å². The number of hydrogen-bond acceptors (Lipinski definition) is 2. The minimum Gasteiger partial charge on any atom is -0.0312 e. The van der Waals surface area contributed by atoms with Gasteiger partial charge in [-0.05, 0) is 46.0 Å². The van der Waals surface area contributed by atoms with Gasteiger partial charge in [-0.25, -0.2) is 0 Å². The Labute approximate surface area is 122 Å². The molecule has 0 aromatic carbocycles. The molecule has 1 rings (SSSR count). The van der Waals surface area contributed by atoms with Gasteiger partial charge in [0.1, 0.15) is 13.2 Å². The first-order valence-electron chi connectivity index (χ1n) is 4.87. The first kappa shape index (κ1) is 26.5. The van der Waals surface area contributed by atoms with E-state index in [1.54, 1.807) is 13.2 Å². The molecule has 1 aliphatic rings. The van der Waals surface area contributed by atoms with Gasteiger partial charge in [0.2, 0.25) is 0 Å². The zero-order valence-corrected chi connectivity index (χ0v) is 11.5. The zero-order chi connectivity index (χ0) is 13.8. The Bertz CT molecular complexity index is 125. The number of hydrogen-bond donors (Lipinski definition) is 0. The summed E-state index contributed by atoms with van der Waals surface area (Å²) in [5.74, 6) is 0. The zero-order valence-electron chi connectivity index (χ0n) is 10.4. The molecule has 101 valence electrons. The van der Waals surface area contributed by atoms with Crippen molar-refractivity contribution < 1.29 is 35.8 Å². The Balaban J connectivity index is -0.0000000847. The molecule has 4 nitrogen and oxygen atoms in total. The van der Waals surface area contributed by atoms with E-state index < -0.39 is 0 Å². The molecule has 0 unspecified atom stereocenters. The molecular weight excluding hydrogens is 276 g/mol. The fraction of sp³-hybridized carbons (Fsp3) is 0.308. The maximum atomic E-state index is 7.50. The van der Waals surface area contributed by atoms with Crippen LogP contribution in [-0.4, -0.2) is 13.2 Å². The van der Waals surface area contributed by atoms with Crippen molar-refractivity contribution in [3.05, 3.63) is 58.6 Å². The molecule has 0 amide bonds. The maximum Gasteiger partial charge on any atom is 0 e. The van der Waals surface area contributed by atoms with Gasteiger partial charge in [-0.1, -0.05) is 0 Å². The van der Waals surface area contributed by atoms with E-state index in [0.717, 1.165) is 0 Å². The van der Waals surface area contributed by atoms with Crippen molar-refractivity contribution in [3.63, 3.8) is 0 Å². The van der Waals surface area contributed by atoms with Crippen molar-refractivity contribution in [2.24, 2.45) is 0 Å². The number of ether oxygens (including phenoxy) is 2. The van der Waals surface area contributed by atoms with E-state index in [9.17, 15) is 0 Å². The van der Waals surface area contributed by atoms with Crippen molar-refractivity contribution in [3.8, 4) is 0 Å². The van der Waals surface area contributed by atoms with Gasteiger partial charge < -0.3 is 9.47 Å². The summed E-state index contributed by atoms with van der Waals surface area (Å²) in [5, 5.41) is 0. The second kappa shape index (κ2) is 36.0. The summed E-state index contributed by atoms with van der Waals surface area (Å²) in [4.78, 5) is 0. The summed E-state index contributed by atoms with van der Waals surface area (Å²) in [6, 6.07) is 0. The first-order chi connectivity index (χ1) is 8.41. The largest absolute Gasteiger partial charge is 0.0312 e. The Morgan fingerprint density at radius 3 is 1.17 bits per heavy atom. The van der Waals surface area contributed by atoms with E-state index in [0.29, 0.717) is 13.2 Å². The van der Waals surface area contributed by atoms with Gasteiger partial charge in [-0.3, -0.25) is 0 Å². The molecular formula is C13H17FeO4. The van der Waals surface area contributed by atoms with Gasteiger partial charge in [0.15, 0.2) is 0 Å². The molecule has 0 saturated heterocycles. The summed E-state index contributed by atoms with van der Waals surface area (Å²) >= 11 is 0. The van der Waals surface area contributed by atoms with Crippen molar-refractivity contribution in [2.75, 3.05) is 13.2 Å².